The zero-order valence-corrected chi connectivity index (χ0v) is 23.2. The highest BCUT2D eigenvalue weighted by Crippen LogP contribution is 2.34. The van der Waals surface area contributed by atoms with Gasteiger partial charge in [0, 0.05) is 22.6 Å². The number of aromatic nitrogens is 2. The summed E-state index contributed by atoms with van der Waals surface area (Å²) in [6, 6.07) is 1.50. The Hall–Kier alpha value is -0.640. The van der Waals surface area contributed by atoms with Crippen molar-refractivity contribution in [3.05, 3.63) is 21.3 Å². The van der Waals surface area contributed by atoms with E-state index in [1.807, 2.05) is 0 Å². The van der Waals surface area contributed by atoms with Gasteiger partial charge in [0.2, 0.25) is 27.7 Å². The highest BCUT2D eigenvalue weighted by molar-refractivity contribution is 8.03. The molecule has 0 aliphatic heterocycles. The van der Waals surface area contributed by atoms with Crippen LogP contribution in [0.4, 0.5) is 0 Å². The second-order valence-electron chi connectivity index (χ2n) is 8.79. The number of carbonyl (C=O) groups excluding carboxylic acids is 2. The van der Waals surface area contributed by atoms with Crippen LogP contribution in [0.2, 0.25) is 0 Å². The quantitative estimate of drug-likeness (QED) is 0.193. The van der Waals surface area contributed by atoms with E-state index >= 15 is 0 Å². The predicted octanol–water partition coefficient (Wildman–Crippen LogP) is 5.88. The molecule has 0 bridgehead atoms. The molecule has 13 heteroatoms. The van der Waals surface area contributed by atoms with Gasteiger partial charge < -0.3 is 15.4 Å². The van der Waals surface area contributed by atoms with Crippen LogP contribution < -0.4 is 15.4 Å². The molecule has 0 aliphatic carbocycles. The second kappa shape index (κ2) is 11.2. The van der Waals surface area contributed by atoms with Gasteiger partial charge in [-0.2, -0.15) is 4.98 Å². The molecule has 180 valence electrons. The average molecular weight is 567 g/mol. The number of alkyl halides is 3. The minimum atomic E-state index is -1.99. The summed E-state index contributed by atoms with van der Waals surface area (Å²) in [4.78, 5) is 33.2. The van der Waals surface area contributed by atoms with Gasteiger partial charge >= 0.3 is 0 Å². The average Bonchev–Trinajstić information content (AvgIpc) is 2.57. The van der Waals surface area contributed by atoms with E-state index in [1.165, 1.54) is 6.07 Å². The summed E-state index contributed by atoms with van der Waals surface area (Å²) in [6.07, 6.45) is -1.33. The molecular formula is C19H25Cl5N4O3S. The van der Waals surface area contributed by atoms with Crippen LogP contribution in [0.1, 0.15) is 47.2 Å². The monoisotopic (exact) mass is 564 g/mol. The zero-order chi connectivity index (χ0) is 25.1. The Labute approximate surface area is 217 Å². The van der Waals surface area contributed by atoms with Gasteiger partial charge in [0.05, 0.1) is 0 Å². The summed E-state index contributed by atoms with van der Waals surface area (Å²) in [7, 11) is 0. The molecule has 1 aromatic heterocycles. The molecule has 0 saturated carbocycles. The summed E-state index contributed by atoms with van der Waals surface area (Å²) >= 11 is 30.8. The first-order chi connectivity index (χ1) is 14.3. The lowest BCUT2D eigenvalue weighted by molar-refractivity contribution is -0.131. The standard InChI is InChI=1S/C19H25Cl5N4O3S/c1-9-8-10(31-15(19(22,23)24)28-14(30)18(5,6)7)26-16(25-9)32-12(11(20)21)27-13(29)17(2,3)4/h8,15H,1-7H3,(H,27,29)(H,28,30)/t15-/m0/s1. The van der Waals surface area contributed by atoms with Crippen LogP contribution in [0.5, 0.6) is 5.88 Å². The van der Waals surface area contributed by atoms with Gasteiger partial charge in [-0.05, 0) is 18.7 Å². The van der Waals surface area contributed by atoms with Gasteiger partial charge in [-0.15, -0.1) is 0 Å². The van der Waals surface area contributed by atoms with Crippen molar-refractivity contribution >= 4 is 81.6 Å². The van der Waals surface area contributed by atoms with Crippen LogP contribution >= 0.6 is 69.8 Å². The van der Waals surface area contributed by atoms with E-state index in [0.29, 0.717) is 5.69 Å². The first kappa shape index (κ1) is 29.4. The topological polar surface area (TPSA) is 93.2 Å². The van der Waals surface area contributed by atoms with Gasteiger partial charge in [-0.1, -0.05) is 99.5 Å². The number of nitrogens with zero attached hydrogens (tertiary/aromatic N) is 2. The van der Waals surface area contributed by atoms with E-state index in [-0.39, 0.29) is 26.5 Å². The van der Waals surface area contributed by atoms with E-state index in [0.717, 1.165) is 11.8 Å². The van der Waals surface area contributed by atoms with Gasteiger partial charge in [-0.3, -0.25) is 9.59 Å². The number of carbonyl (C=O) groups is 2. The number of aryl methyl sites for hydroxylation is 1. The van der Waals surface area contributed by atoms with Crippen molar-refractivity contribution < 1.29 is 14.3 Å². The fourth-order valence-electron chi connectivity index (χ4n) is 1.75. The molecule has 0 saturated heterocycles. The van der Waals surface area contributed by atoms with Crippen molar-refractivity contribution in [1.82, 2.24) is 20.6 Å². The van der Waals surface area contributed by atoms with Crippen LogP contribution in [0.3, 0.4) is 0 Å². The summed E-state index contributed by atoms with van der Waals surface area (Å²) in [5, 5.41) is 5.51. The van der Waals surface area contributed by atoms with E-state index in [1.54, 1.807) is 48.5 Å². The van der Waals surface area contributed by atoms with E-state index in [4.69, 9.17) is 62.7 Å². The first-order valence-corrected chi connectivity index (χ1v) is 12.0. The molecule has 2 amide bonds. The number of nitrogens with one attached hydrogen (secondary N) is 2. The number of halogens is 5. The van der Waals surface area contributed by atoms with Crippen LogP contribution in [0.25, 0.3) is 0 Å². The Bertz CT molecular complexity index is 888. The number of hydrogen-bond acceptors (Lipinski definition) is 6. The maximum Gasteiger partial charge on any atom is 0.246 e. The van der Waals surface area contributed by atoms with Gasteiger partial charge in [0.1, 0.15) is 9.52 Å². The summed E-state index contributed by atoms with van der Waals surface area (Å²) in [6.45, 7) is 12.0. The van der Waals surface area contributed by atoms with E-state index in [9.17, 15) is 9.59 Å². The van der Waals surface area contributed by atoms with Gasteiger partial charge in [-0.25, -0.2) is 4.98 Å². The summed E-state index contributed by atoms with van der Waals surface area (Å²) in [5.74, 6) is -0.667. The van der Waals surface area contributed by atoms with Crippen molar-refractivity contribution in [3.8, 4) is 5.88 Å². The molecule has 1 atom stereocenters. The maximum absolute atomic E-state index is 12.4. The third-order valence-corrected chi connectivity index (χ3v) is 5.63. The number of thioether (sulfide) groups is 1. The Morgan fingerprint density at radius 2 is 1.53 bits per heavy atom. The van der Waals surface area contributed by atoms with Crippen LogP contribution in [0, 0.1) is 17.8 Å². The highest BCUT2D eigenvalue weighted by Gasteiger charge is 2.38. The molecule has 32 heavy (non-hydrogen) atoms. The minimum Gasteiger partial charge on any atom is -0.449 e. The molecule has 0 spiro atoms. The summed E-state index contributed by atoms with van der Waals surface area (Å²) in [5.41, 5.74) is -0.920. The SMILES string of the molecule is Cc1cc(O[C@H](NC(=O)C(C)(C)C)C(Cl)(Cl)Cl)nc(SC(NC(=O)C(C)(C)C)=C(Cl)Cl)n1. The maximum atomic E-state index is 12.4. The molecule has 0 aromatic carbocycles. The zero-order valence-electron chi connectivity index (χ0n) is 18.6. The molecule has 0 aliphatic rings. The van der Waals surface area contributed by atoms with E-state index in [2.05, 4.69) is 20.6 Å². The van der Waals surface area contributed by atoms with Gasteiger partial charge in [0.15, 0.2) is 5.16 Å². The van der Waals surface area contributed by atoms with Gasteiger partial charge in [0.25, 0.3) is 0 Å². The van der Waals surface area contributed by atoms with Crippen molar-refractivity contribution in [3.63, 3.8) is 0 Å². The van der Waals surface area contributed by atoms with Crippen LogP contribution in [-0.4, -0.2) is 31.8 Å². The Balaban J connectivity index is 3.18. The smallest absolute Gasteiger partial charge is 0.246 e. The molecule has 0 radical (unpaired) electrons. The van der Waals surface area contributed by atoms with Crippen molar-refractivity contribution in [2.24, 2.45) is 10.8 Å². The predicted molar refractivity (Wildman–Crippen MR) is 131 cm³/mol. The first-order valence-electron chi connectivity index (χ1n) is 9.25. The molecular weight excluding hydrogens is 542 g/mol. The lowest BCUT2D eigenvalue weighted by Gasteiger charge is -2.29. The second-order valence-corrected chi connectivity index (χ2v) is 13.1. The largest absolute Gasteiger partial charge is 0.449 e. The van der Waals surface area contributed by atoms with Crippen molar-refractivity contribution in [2.45, 2.75) is 63.6 Å². The molecule has 0 fully saturated rings. The van der Waals surface area contributed by atoms with Crippen LogP contribution in [0.15, 0.2) is 20.7 Å². The normalized spacial score (nSPS) is 13.2. The fourth-order valence-corrected chi connectivity index (χ4v) is 3.10. The number of ether oxygens (including phenoxy) is 1. The third kappa shape index (κ3) is 9.69. The molecule has 1 rings (SSSR count). The van der Waals surface area contributed by atoms with Crippen molar-refractivity contribution in [1.29, 1.82) is 0 Å². The lowest BCUT2D eigenvalue weighted by atomic mass is 9.96. The highest BCUT2D eigenvalue weighted by atomic mass is 35.6. The minimum absolute atomic E-state index is 0.0257. The third-order valence-electron chi connectivity index (χ3n) is 3.56. The number of hydrogen-bond donors (Lipinski definition) is 2. The molecule has 2 N–H and O–H groups in total. The molecule has 0 unspecified atom stereocenters. The van der Waals surface area contributed by atoms with Crippen LogP contribution in [-0.2, 0) is 9.59 Å². The number of rotatable bonds is 6. The molecule has 7 nitrogen and oxygen atoms in total. The summed E-state index contributed by atoms with van der Waals surface area (Å²) < 4.78 is 3.52. The van der Waals surface area contributed by atoms with E-state index < -0.39 is 26.8 Å². The Morgan fingerprint density at radius 1 is 1.00 bits per heavy atom. The van der Waals surface area contributed by atoms with Crippen molar-refractivity contribution in [2.75, 3.05) is 0 Å². The molecule has 1 aromatic rings. The Morgan fingerprint density at radius 3 is 1.97 bits per heavy atom. The Kier molecular flexibility index (Phi) is 10.3. The fraction of sp³-hybridized carbons (Fsp3) is 0.579. The lowest BCUT2D eigenvalue weighted by Crippen LogP contribution is -2.51. The molecule has 1 heterocycles. The number of amides is 2.